The summed E-state index contributed by atoms with van der Waals surface area (Å²) >= 11 is 0. The summed E-state index contributed by atoms with van der Waals surface area (Å²) in [7, 11) is 0. The van der Waals surface area contributed by atoms with Crippen molar-refractivity contribution >= 4 is 47.6 Å². The van der Waals surface area contributed by atoms with Gasteiger partial charge in [-0.3, -0.25) is 0 Å². The van der Waals surface area contributed by atoms with Crippen molar-refractivity contribution in [3.8, 4) is 0 Å². The Kier molecular flexibility index (Phi) is 5.18. The lowest BCUT2D eigenvalue weighted by molar-refractivity contribution is -0.514. The van der Waals surface area contributed by atoms with Gasteiger partial charge in [0.25, 0.3) is 0 Å². The highest BCUT2D eigenvalue weighted by molar-refractivity contribution is 5.19. The first-order valence-electron chi connectivity index (χ1n) is 7.72. The van der Waals surface area contributed by atoms with E-state index in [1.165, 1.54) is 25.3 Å². The zero-order valence-electron chi connectivity index (χ0n) is 14.3. The van der Waals surface area contributed by atoms with E-state index in [4.69, 9.17) is 11.5 Å². The van der Waals surface area contributed by atoms with Gasteiger partial charge in [0.1, 0.15) is 25.3 Å². The van der Waals surface area contributed by atoms with Crippen LogP contribution in [-0.4, -0.2) is 59.8 Å². The summed E-state index contributed by atoms with van der Waals surface area (Å²) in [6.07, 6.45) is 5.06. The first-order chi connectivity index (χ1) is 14.1. The van der Waals surface area contributed by atoms with Crippen molar-refractivity contribution in [1.29, 1.82) is 0 Å². The minimum absolute atomic E-state index is 0.0556. The van der Waals surface area contributed by atoms with E-state index in [9.17, 15) is 0 Å². The van der Waals surface area contributed by atoms with Crippen molar-refractivity contribution in [2.24, 2.45) is 0 Å². The standard InChI is InChI=1S/C12H11N17/c13-5-15-1-17-7(23-5)25-9-19-3-21-11(27-9)29-12-22-4-20-10(28-12)26-8-18-2-16-6(14)24-8/h1-4,25-26,29H,13-14H2/q+5. The number of nitrogens with two attached hydrogens (primary N) is 2. The molecule has 0 saturated heterocycles. The fourth-order valence-electron chi connectivity index (χ4n) is 1.87. The molecule has 4 aromatic rings. The van der Waals surface area contributed by atoms with Crippen LogP contribution in [0, 0.1) is 0 Å². The highest BCUT2D eigenvalue weighted by Gasteiger charge is 2.22. The molecule has 0 aliphatic carbocycles. The number of aromatic nitrogens is 12. The van der Waals surface area contributed by atoms with Crippen molar-refractivity contribution in [2.75, 3.05) is 0 Å². The Labute approximate surface area is 161 Å². The Bertz CT molecular complexity index is 1040. The van der Waals surface area contributed by atoms with Gasteiger partial charge < -0.3 is 0 Å². The van der Waals surface area contributed by atoms with Gasteiger partial charge in [0.05, 0.1) is 0 Å². The van der Waals surface area contributed by atoms with Gasteiger partial charge in [0.2, 0.25) is 0 Å². The van der Waals surface area contributed by atoms with E-state index in [-0.39, 0.29) is 47.6 Å². The third kappa shape index (κ3) is 4.97. The van der Waals surface area contributed by atoms with E-state index < -0.39 is 0 Å². The third-order valence-corrected chi connectivity index (χ3v) is 3.00. The molecular weight excluding hydrogens is 382 g/mol. The molecule has 17 heteroatoms. The average molecular weight is 393 g/mol. The van der Waals surface area contributed by atoms with E-state index in [1.807, 2.05) is 0 Å². The van der Waals surface area contributed by atoms with Crippen LogP contribution in [0.25, 0.3) is 0 Å². The number of nitrogens with zero attached hydrogens (tertiary/aromatic N) is 12. The molecule has 0 aliphatic heterocycles. The molecule has 0 amide bonds. The highest BCUT2D eigenvalue weighted by Crippen LogP contribution is 1.98. The highest BCUT2D eigenvalue weighted by atomic mass is 15.3. The summed E-state index contributed by atoms with van der Waals surface area (Å²) in [5.74, 6) is 1.12. The summed E-state index contributed by atoms with van der Waals surface area (Å²) in [5.41, 5.74) is 11.0. The van der Waals surface area contributed by atoms with E-state index in [1.54, 1.807) is 0 Å². The fraction of sp³-hybridized carbons (Fsp3) is 0. The van der Waals surface area contributed by atoms with Gasteiger partial charge in [-0.1, -0.05) is 19.9 Å². The summed E-state index contributed by atoms with van der Waals surface area (Å²) in [6, 6.07) is 0. The Morgan fingerprint density at radius 2 is 0.690 bits per heavy atom. The lowest BCUT2D eigenvalue weighted by Crippen LogP contribution is -2.77. The minimum Gasteiger partial charge on any atom is -0.161 e. The summed E-state index contributed by atoms with van der Waals surface area (Å²) in [6.45, 7) is 0. The molecule has 139 valence electrons. The first-order valence-corrected chi connectivity index (χ1v) is 7.72. The lowest BCUT2D eigenvalue weighted by atomic mass is 10.7. The smallest absolute Gasteiger partial charge is 0.161 e. The molecule has 0 bridgehead atoms. The molecule has 0 fully saturated rings. The number of hydrogen-bond donors (Lipinski definition) is 5. The van der Waals surface area contributed by atoms with Gasteiger partial charge >= 0.3 is 47.6 Å². The second kappa shape index (κ2) is 8.24. The Morgan fingerprint density at radius 3 is 1.00 bits per heavy atom. The van der Waals surface area contributed by atoms with Crippen LogP contribution in [0.2, 0.25) is 0 Å². The monoisotopic (exact) mass is 393 g/mol. The molecule has 7 N–H and O–H groups in total. The zero-order valence-corrected chi connectivity index (χ0v) is 14.3. The van der Waals surface area contributed by atoms with Crippen molar-refractivity contribution in [2.45, 2.75) is 0 Å². The molecule has 4 aromatic heterocycles. The topological polar surface area (TPSA) is 252 Å². The van der Waals surface area contributed by atoms with Crippen LogP contribution >= 0.6 is 0 Å². The van der Waals surface area contributed by atoms with Crippen LogP contribution in [0.4, 0.5) is 47.6 Å². The summed E-state index contributed by atoms with van der Waals surface area (Å²) in [5, 5.41) is 8.37. The van der Waals surface area contributed by atoms with E-state index in [2.05, 4.69) is 75.8 Å². The first kappa shape index (κ1) is 18.2. The molecule has 5 radical (unpaired) electrons. The molecule has 0 saturated carbocycles. The molecule has 0 atom stereocenters. The van der Waals surface area contributed by atoms with Crippen LogP contribution in [0.3, 0.4) is 0 Å². The Morgan fingerprint density at radius 1 is 0.414 bits per heavy atom. The van der Waals surface area contributed by atoms with Gasteiger partial charge in [0, 0.05) is 0 Å². The largest absolute Gasteiger partial charge is 0.393 e. The van der Waals surface area contributed by atoms with Gasteiger partial charge in [-0.15, -0.1) is 11.5 Å². The Balaban J connectivity index is 1.48. The Hall–Kier alpha value is -4.16. The quantitative estimate of drug-likeness (QED) is 0.205. The van der Waals surface area contributed by atoms with Crippen LogP contribution in [-0.2, 0) is 0 Å². The minimum atomic E-state index is 0.0556. The number of hydrogen-bond acceptors (Lipinski definition) is 17. The molecule has 29 heavy (non-hydrogen) atoms. The molecule has 0 aliphatic rings. The molecule has 4 heterocycles. The van der Waals surface area contributed by atoms with Crippen LogP contribution in [0.5, 0.6) is 0 Å². The maximum absolute atomic E-state index is 5.51. The van der Waals surface area contributed by atoms with E-state index in [0.717, 1.165) is 0 Å². The molecule has 0 aromatic carbocycles. The average Bonchev–Trinajstić information content (AvgIpc) is 2.69. The SMILES string of the molecule is [NH2+]c1ncnc([NH+]c2ncnc([NH+]c3ncnc([NH+]c4ncnc([NH2+])n4)n3)n2)n1. The number of rotatable bonds is 6. The zero-order chi connectivity index (χ0) is 20.1. The molecule has 0 spiro atoms. The van der Waals surface area contributed by atoms with Crippen LogP contribution in [0.1, 0.15) is 0 Å². The van der Waals surface area contributed by atoms with Crippen LogP contribution in [0.15, 0.2) is 25.3 Å². The van der Waals surface area contributed by atoms with Crippen molar-refractivity contribution in [3.05, 3.63) is 25.3 Å². The second-order valence-corrected chi connectivity index (χ2v) is 4.97. The molecular formula is C12H11N17+5. The van der Waals surface area contributed by atoms with E-state index in [0.29, 0.717) is 0 Å². The molecule has 4 rings (SSSR count). The van der Waals surface area contributed by atoms with Gasteiger partial charge in [-0.2, -0.15) is 39.9 Å². The van der Waals surface area contributed by atoms with E-state index >= 15 is 0 Å². The van der Waals surface area contributed by atoms with Gasteiger partial charge in [0.15, 0.2) is 0 Å². The summed E-state index contributed by atoms with van der Waals surface area (Å²) in [4.78, 5) is 47.3. The maximum Gasteiger partial charge on any atom is 0.393 e. The second-order valence-electron chi connectivity index (χ2n) is 4.97. The lowest BCUT2D eigenvalue weighted by Gasteiger charge is -1.93. The normalized spacial score (nSPS) is 10.8. The predicted octanol–water partition coefficient (Wildman–Crippen LogP) is -7.32. The van der Waals surface area contributed by atoms with Gasteiger partial charge in [-0.25, -0.2) is 0 Å². The van der Waals surface area contributed by atoms with Crippen molar-refractivity contribution in [3.63, 3.8) is 0 Å². The number of nitrogen functional groups attached to an aromatic ring is 2. The predicted molar refractivity (Wildman–Crippen MR) is 83.3 cm³/mol. The maximum atomic E-state index is 5.51. The number of nitrogens with one attached hydrogen (secondary N) is 3. The number of anilines is 8. The van der Waals surface area contributed by atoms with Crippen LogP contribution < -0.4 is 27.4 Å². The molecule has 17 nitrogen and oxygen atoms in total. The van der Waals surface area contributed by atoms with Crippen molar-refractivity contribution in [1.82, 2.24) is 59.8 Å². The van der Waals surface area contributed by atoms with Crippen molar-refractivity contribution < 1.29 is 27.4 Å². The van der Waals surface area contributed by atoms with Gasteiger partial charge in [-0.05, 0) is 16.0 Å². The summed E-state index contributed by atoms with van der Waals surface area (Å²) < 4.78 is 0. The fourth-order valence-corrected chi connectivity index (χ4v) is 1.87. The molecule has 0 unspecified atom stereocenters. The third-order valence-electron chi connectivity index (χ3n) is 3.00.